The van der Waals surface area contributed by atoms with Crippen LogP contribution in [0.4, 0.5) is 0 Å². The predicted molar refractivity (Wildman–Crippen MR) is 65.9 cm³/mol. The Labute approximate surface area is 93.9 Å². The summed E-state index contributed by atoms with van der Waals surface area (Å²) < 4.78 is 0. The Hall–Kier alpha value is -0.830. The summed E-state index contributed by atoms with van der Waals surface area (Å²) in [6, 6.07) is 0. The smallest absolute Gasteiger partial charge is 0.0925 e. The molecule has 0 saturated heterocycles. The molecule has 3 nitrogen and oxygen atoms in total. The van der Waals surface area contributed by atoms with E-state index < -0.39 is 0 Å². The highest BCUT2D eigenvalue weighted by Crippen LogP contribution is 2.12. The van der Waals surface area contributed by atoms with E-state index in [1.54, 1.807) is 6.33 Å². The SMILES string of the molecule is CC.CCC.CN1CCc2nc[nH]c2C1. The molecule has 0 spiro atoms. The number of imidazole rings is 1. The van der Waals surface area contributed by atoms with Gasteiger partial charge in [0.1, 0.15) is 0 Å². The van der Waals surface area contributed by atoms with E-state index in [0.717, 1.165) is 19.5 Å². The van der Waals surface area contributed by atoms with E-state index in [1.165, 1.54) is 17.8 Å². The van der Waals surface area contributed by atoms with Crippen LogP contribution in [0.2, 0.25) is 0 Å². The van der Waals surface area contributed by atoms with E-state index in [9.17, 15) is 0 Å². The molecule has 0 saturated carbocycles. The van der Waals surface area contributed by atoms with Crippen molar-refractivity contribution in [1.82, 2.24) is 14.9 Å². The molecule has 15 heavy (non-hydrogen) atoms. The van der Waals surface area contributed by atoms with Gasteiger partial charge in [0.15, 0.2) is 0 Å². The topological polar surface area (TPSA) is 31.9 Å². The maximum Gasteiger partial charge on any atom is 0.0925 e. The second-order valence-electron chi connectivity index (χ2n) is 3.52. The Balaban J connectivity index is 0.000000342. The average molecular weight is 211 g/mol. The third kappa shape index (κ3) is 4.98. The molecule has 0 atom stereocenters. The summed E-state index contributed by atoms with van der Waals surface area (Å²) in [6.45, 7) is 10.4. The minimum Gasteiger partial charge on any atom is -0.347 e. The lowest BCUT2D eigenvalue weighted by Crippen LogP contribution is -2.26. The first-order chi connectivity index (χ1) is 7.27. The van der Waals surface area contributed by atoms with Gasteiger partial charge in [-0.05, 0) is 7.05 Å². The molecule has 2 rings (SSSR count). The van der Waals surface area contributed by atoms with Gasteiger partial charge in [-0.2, -0.15) is 0 Å². The molecule has 0 aromatic carbocycles. The molecule has 0 unspecified atom stereocenters. The summed E-state index contributed by atoms with van der Waals surface area (Å²) in [4.78, 5) is 9.64. The zero-order chi connectivity index (χ0) is 11.7. The van der Waals surface area contributed by atoms with Crippen LogP contribution >= 0.6 is 0 Å². The van der Waals surface area contributed by atoms with Gasteiger partial charge in [0.05, 0.1) is 17.7 Å². The monoisotopic (exact) mass is 211 g/mol. The molecule has 1 N–H and O–H groups in total. The normalized spacial score (nSPS) is 14.2. The molecule has 1 aliphatic rings. The van der Waals surface area contributed by atoms with Gasteiger partial charge in [0.2, 0.25) is 0 Å². The van der Waals surface area contributed by atoms with Gasteiger partial charge >= 0.3 is 0 Å². The van der Waals surface area contributed by atoms with Crippen LogP contribution in [0, 0.1) is 0 Å². The van der Waals surface area contributed by atoms with Gasteiger partial charge in [-0.3, -0.25) is 0 Å². The highest BCUT2D eigenvalue weighted by molar-refractivity contribution is 5.13. The van der Waals surface area contributed by atoms with Gasteiger partial charge in [0.25, 0.3) is 0 Å². The molecule has 1 aromatic heterocycles. The predicted octanol–water partition coefficient (Wildman–Crippen LogP) is 2.84. The maximum absolute atomic E-state index is 4.21. The minimum atomic E-state index is 1.02. The molecule has 0 bridgehead atoms. The Kier molecular flexibility index (Phi) is 8.01. The van der Waals surface area contributed by atoms with Crippen LogP contribution in [-0.2, 0) is 13.0 Å². The van der Waals surface area contributed by atoms with Gasteiger partial charge in [0, 0.05) is 19.5 Å². The number of fused-ring (bicyclic) bond motifs is 1. The summed E-state index contributed by atoms with van der Waals surface area (Å²) in [6.07, 6.45) is 4.12. The highest BCUT2D eigenvalue weighted by Gasteiger charge is 2.13. The van der Waals surface area contributed by atoms with Crippen molar-refractivity contribution in [2.45, 2.75) is 47.1 Å². The lowest BCUT2D eigenvalue weighted by atomic mass is 10.2. The summed E-state index contributed by atoms with van der Waals surface area (Å²) in [7, 11) is 2.13. The molecule has 88 valence electrons. The number of hydrogen-bond donors (Lipinski definition) is 1. The van der Waals surface area contributed by atoms with Crippen LogP contribution in [0.1, 0.15) is 45.5 Å². The van der Waals surface area contributed by atoms with Crippen LogP contribution in [0.3, 0.4) is 0 Å². The van der Waals surface area contributed by atoms with Crippen molar-refractivity contribution >= 4 is 0 Å². The Bertz CT molecular complexity index is 243. The highest BCUT2D eigenvalue weighted by atomic mass is 15.1. The van der Waals surface area contributed by atoms with Crippen molar-refractivity contribution in [2.75, 3.05) is 13.6 Å². The summed E-state index contributed by atoms with van der Waals surface area (Å²) in [5.41, 5.74) is 2.53. The zero-order valence-electron chi connectivity index (χ0n) is 10.8. The van der Waals surface area contributed by atoms with Crippen molar-refractivity contribution in [3.63, 3.8) is 0 Å². The number of aromatic amines is 1. The fourth-order valence-corrected chi connectivity index (χ4v) is 1.35. The zero-order valence-corrected chi connectivity index (χ0v) is 10.8. The molecule has 1 aromatic rings. The number of H-pyrrole nitrogens is 1. The van der Waals surface area contributed by atoms with Crippen molar-refractivity contribution in [1.29, 1.82) is 0 Å². The number of hydrogen-bond acceptors (Lipinski definition) is 2. The third-order valence-corrected chi connectivity index (χ3v) is 1.97. The molecule has 0 fully saturated rings. The number of nitrogens with one attached hydrogen (secondary N) is 1. The van der Waals surface area contributed by atoms with Crippen molar-refractivity contribution in [3.05, 3.63) is 17.7 Å². The van der Waals surface area contributed by atoms with Crippen molar-refractivity contribution in [2.24, 2.45) is 0 Å². The van der Waals surface area contributed by atoms with Crippen LogP contribution in [0.15, 0.2) is 6.33 Å². The first kappa shape index (κ1) is 14.2. The first-order valence-electron chi connectivity index (χ1n) is 5.97. The van der Waals surface area contributed by atoms with Gasteiger partial charge in [-0.15, -0.1) is 0 Å². The first-order valence-corrected chi connectivity index (χ1v) is 5.97. The largest absolute Gasteiger partial charge is 0.347 e. The van der Waals surface area contributed by atoms with E-state index in [4.69, 9.17) is 0 Å². The molecule has 0 radical (unpaired) electrons. The number of aromatic nitrogens is 2. The number of nitrogens with zero attached hydrogens (tertiary/aromatic N) is 2. The standard InChI is InChI=1S/C7H11N3.C3H8.C2H6/c1-10-3-2-6-7(4-10)9-5-8-6;1-3-2;1-2/h5H,2-4H2,1H3,(H,8,9);3H2,1-2H3;1-2H3. The van der Waals surface area contributed by atoms with E-state index >= 15 is 0 Å². The van der Waals surface area contributed by atoms with E-state index in [2.05, 4.69) is 35.8 Å². The summed E-state index contributed by atoms with van der Waals surface area (Å²) in [5, 5.41) is 0. The lowest BCUT2D eigenvalue weighted by molar-refractivity contribution is 0.307. The molecule has 1 aliphatic heterocycles. The van der Waals surface area contributed by atoms with Gasteiger partial charge < -0.3 is 9.88 Å². The van der Waals surface area contributed by atoms with E-state index in [1.807, 2.05) is 13.8 Å². The maximum atomic E-state index is 4.21. The second-order valence-corrected chi connectivity index (χ2v) is 3.52. The lowest BCUT2D eigenvalue weighted by Gasteiger charge is -2.20. The number of rotatable bonds is 0. The van der Waals surface area contributed by atoms with E-state index in [-0.39, 0.29) is 0 Å². The van der Waals surface area contributed by atoms with Gasteiger partial charge in [-0.25, -0.2) is 4.98 Å². The Morgan fingerprint density at radius 1 is 1.40 bits per heavy atom. The molecular formula is C12H25N3. The van der Waals surface area contributed by atoms with Crippen molar-refractivity contribution in [3.8, 4) is 0 Å². The Morgan fingerprint density at radius 2 is 2.00 bits per heavy atom. The van der Waals surface area contributed by atoms with Crippen LogP contribution < -0.4 is 0 Å². The Morgan fingerprint density at radius 3 is 2.60 bits per heavy atom. The fourth-order valence-electron chi connectivity index (χ4n) is 1.35. The van der Waals surface area contributed by atoms with Crippen molar-refractivity contribution < 1.29 is 0 Å². The molecule has 2 heterocycles. The van der Waals surface area contributed by atoms with Crippen LogP contribution in [0.5, 0.6) is 0 Å². The van der Waals surface area contributed by atoms with Crippen LogP contribution in [-0.4, -0.2) is 28.5 Å². The second kappa shape index (κ2) is 8.48. The minimum absolute atomic E-state index is 1.02. The summed E-state index contributed by atoms with van der Waals surface area (Å²) in [5.74, 6) is 0. The molecular weight excluding hydrogens is 186 g/mol. The van der Waals surface area contributed by atoms with E-state index in [0.29, 0.717) is 0 Å². The van der Waals surface area contributed by atoms with Gasteiger partial charge in [-0.1, -0.05) is 34.1 Å². The molecule has 3 heteroatoms. The third-order valence-electron chi connectivity index (χ3n) is 1.97. The number of likely N-dealkylation sites (N-methyl/N-ethyl adjacent to an activating group) is 1. The summed E-state index contributed by atoms with van der Waals surface area (Å²) >= 11 is 0. The fraction of sp³-hybridized carbons (Fsp3) is 0.750. The van der Waals surface area contributed by atoms with Crippen LogP contribution in [0.25, 0.3) is 0 Å². The molecule has 0 aliphatic carbocycles. The average Bonchev–Trinajstić information content (AvgIpc) is 2.69. The quantitative estimate of drug-likeness (QED) is 0.715. The molecule has 0 amide bonds.